The van der Waals surface area contributed by atoms with Crippen LogP contribution in [0.15, 0.2) is 71.1 Å². The Hall–Kier alpha value is -2.59. The van der Waals surface area contributed by atoms with Crippen molar-refractivity contribution in [1.82, 2.24) is 4.98 Å². The number of carbonyl (C=O) groups excluding carboxylic acids is 1. The second-order valence-electron chi connectivity index (χ2n) is 6.82. The highest BCUT2D eigenvalue weighted by molar-refractivity contribution is 6.36. The van der Waals surface area contributed by atoms with Crippen molar-refractivity contribution in [3.8, 4) is 22.7 Å². The van der Waals surface area contributed by atoms with E-state index in [4.69, 9.17) is 39.2 Å². The first kappa shape index (κ1) is 20.7. The molecule has 0 aliphatic carbocycles. The van der Waals surface area contributed by atoms with Crippen molar-refractivity contribution >= 4 is 40.6 Å². The van der Waals surface area contributed by atoms with Crippen LogP contribution in [0.1, 0.15) is 21.7 Å². The van der Waals surface area contributed by atoms with Gasteiger partial charge in [-0.15, -0.1) is 0 Å². The summed E-state index contributed by atoms with van der Waals surface area (Å²) in [4.78, 5) is 17.2. The fraction of sp³-hybridized carbons (Fsp3) is 0.0833. The van der Waals surface area contributed by atoms with E-state index < -0.39 is 0 Å². The number of Topliss-reactive ketones (excluding diaryl/α,β-unsaturated/α-hetero) is 1. The maximum Gasteiger partial charge on any atom is 0.226 e. The van der Waals surface area contributed by atoms with Gasteiger partial charge in [-0.2, -0.15) is 0 Å². The second-order valence-corrected chi connectivity index (χ2v) is 8.08. The molecule has 1 heterocycles. The highest BCUT2D eigenvalue weighted by Gasteiger charge is 2.16. The van der Waals surface area contributed by atoms with Gasteiger partial charge >= 0.3 is 0 Å². The van der Waals surface area contributed by atoms with Gasteiger partial charge in [0.1, 0.15) is 11.5 Å². The molecule has 0 unspecified atom stereocenters. The fourth-order valence-corrected chi connectivity index (χ4v) is 3.92. The number of halogens is 3. The third kappa shape index (κ3) is 4.29. The second kappa shape index (κ2) is 8.65. The molecule has 6 heteroatoms. The van der Waals surface area contributed by atoms with Gasteiger partial charge in [0.2, 0.25) is 5.89 Å². The van der Waals surface area contributed by atoms with Crippen LogP contribution in [0.5, 0.6) is 0 Å². The SMILES string of the molecule is Cc1oc(-c2ccc(CC(=O)c3ccc(Cl)cc3Cl)cc2)nc1-c1ccccc1Cl. The number of ketones is 1. The topological polar surface area (TPSA) is 43.1 Å². The van der Waals surface area contributed by atoms with Gasteiger partial charge in [-0.3, -0.25) is 4.79 Å². The molecule has 0 atom stereocenters. The minimum Gasteiger partial charge on any atom is -0.441 e. The summed E-state index contributed by atoms with van der Waals surface area (Å²) in [6, 6.07) is 19.9. The van der Waals surface area contributed by atoms with E-state index in [0.29, 0.717) is 38.0 Å². The smallest absolute Gasteiger partial charge is 0.226 e. The number of rotatable bonds is 5. The Morgan fingerprint density at radius 2 is 1.67 bits per heavy atom. The third-order valence-electron chi connectivity index (χ3n) is 4.72. The number of hydrogen-bond acceptors (Lipinski definition) is 3. The molecule has 3 nitrogen and oxygen atoms in total. The summed E-state index contributed by atoms with van der Waals surface area (Å²) in [5, 5.41) is 1.47. The molecule has 0 saturated heterocycles. The van der Waals surface area contributed by atoms with E-state index >= 15 is 0 Å². The zero-order chi connectivity index (χ0) is 21.3. The summed E-state index contributed by atoms with van der Waals surface area (Å²) in [6.45, 7) is 1.86. The summed E-state index contributed by atoms with van der Waals surface area (Å²) < 4.78 is 5.86. The van der Waals surface area contributed by atoms with Crippen LogP contribution in [0, 0.1) is 6.92 Å². The lowest BCUT2D eigenvalue weighted by molar-refractivity contribution is 0.0993. The third-order valence-corrected chi connectivity index (χ3v) is 5.60. The van der Waals surface area contributed by atoms with Gasteiger partial charge in [0, 0.05) is 28.1 Å². The molecule has 30 heavy (non-hydrogen) atoms. The number of aryl methyl sites for hydroxylation is 1. The van der Waals surface area contributed by atoms with Crippen LogP contribution in [0.3, 0.4) is 0 Å². The number of hydrogen-bond donors (Lipinski definition) is 0. The summed E-state index contributed by atoms with van der Waals surface area (Å²) in [7, 11) is 0. The maximum atomic E-state index is 12.6. The van der Waals surface area contributed by atoms with Crippen molar-refractivity contribution in [2.45, 2.75) is 13.3 Å². The summed E-state index contributed by atoms with van der Waals surface area (Å²) in [5.41, 5.74) is 3.68. The van der Waals surface area contributed by atoms with E-state index in [-0.39, 0.29) is 12.2 Å². The van der Waals surface area contributed by atoms with E-state index in [2.05, 4.69) is 4.98 Å². The first-order chi connectivity index (χ1) is 14.4. The predicted molar refractivity (Wildman–Crippen MR) is 122 cm³/mol. The Labute approximate surface area is 189 Å². The molecule has 0 aliphatic rings. The van der Waals surface area contributed by atoms with Crippen LogP contribution in [-0.4, -0.2) is 10.8 Å². The lowest BCUT2D eigenvalue weighted by Crippen LogP contribution is -2.04. The molecule has 4 aromatic rings. The van der Waals surface area contributed by atoms with Crippen molar-refractivity contribution < 1.29 is 9.21 Å². The van der Waals surface area contributed by atoms with Crippen molar-refractivity contribution in [3.05, 3.63) is 98.7 Å². The number of carbonyl (C=O) groups is 1. The molecule has 4 rings (SSSR count). The Balaban J connectivity index is 1.55. The van der Waals surface area contributed by atoms with E-state index in [1.54, 1.807) is 18.2 Å². The predicted octanol–water partition coefficient (Wildman–Crippen LogP) is 7.70. The van der Waals surface area contributed by atoms with E-state index in [9.17, 15) is 4.79 Å². The molecule has 150 valence electrons. The average molecular weight is 457 g/mol. The van der Waals surface area contributed by atoms with Crippen LogP contribution in [0.2, 0.25) is 15.1 Å². The van der Waals surface area contributed by atoms with Crippen LogP contribution >= 0.6 is 34.8 Å². The zero-order valence-corrected chi connectivity index (χ0v) is 18.2. The van der Waals surface area contributed by atoms with Gasteiger partial charge in [0.25, 0.3) is 0 Å². The maximum absolute atomic E-state index is 12.6. The molecular weight excluding hydrogens is 441 g/mol. The quantitative estimate of drug-likeness (QED) is 0.289. The Morgan fingerprint density at radius 1 is 0.933 bits per heavy atom. The molecule has 0 radical (unpaired) electrons. The lowest BCUT2D eigenvalue weighted by atomic mass is 10.0. The Kier molecular flexibility index (Phi) is 5.96. The van der Waals surface area contributed by atoms with Crippen molar-refractivity contribution in [2.75, 3.05) is 0 Å². The number of oxazole rings is 1. The van der Waals surface area contributed by atoms with Gasteiger partial charge < -0.3 is 4.42 Å². The Morgan fingerprint density at radius 3 is 2.37 bits per heavy atom. The fourth-order valence-electron chi connectivity index (χ4n) is 3.18. The number of benzene rings is 3. The van der Waals surface area contributed by atoms with Crippen LogP contribution in [-0.2, 0) is 6.42 Å². The highest BCUT2D eigenvalue weighted by Crippen LogP contribution is 2.33. The molecule has 0 N–H and O–H groups in total. The van der Waals surface area contributed by atoms with Crippen LogP contribution in [0.4, 0.5) is 0 Å². The highest BCUT2D eigenvalue weighted by atomic mass is 35.5. The van der Waals surface area contributed by atoms with Crippen molar-refractivity contribution in [2.24, 2.45) is 0 Å². The molecule has 1 aromatic heterocycles. The lowest BCUT2D eigenvalue weighted by Gasteiger charge is -2.05. The van der Waals surface area contributed by atoms with Gasteiger partial charge in [0.05, 0.1) is 10.0 Å². The normalized spacial score (nSPS) is 10.9. The molecule has 3 aromatic carbocycles. The average Bonchev–Trinajstić information content (AvgIpc) is 3.10. The van der Waals surface area contributed by atoms with Gasteiger partial charge in [0.15, 0.2) is 5.78 Å². The molecule has 0 fully saturated rings. The molecule has 0 spiro atoms. The number of nitrogens with zero attached hydrogens (tertiary/aromatic N) is 1. The Bertz CT molecular complexity index is 1230. The minimum absolute atomic E-state index is 0.0719. The zero-order valence-electron chi connectivity index (χ0n) is 16.0. The molecule has 0 saturated carbocycles. The van der Waals surface area contributed by atoms with Crippen LogP contribution in [0.25, 0.3) is 22.7 Å². The first-order valence-electron chi connectivity index (χ1n) is 9.22. The number of aromatic nitrogens is 1. The van der Waals surface area contributed by atoms with Gasteiger partial charge in [-0.25, -0.2) is 4.98 Å². The molecule has 0 bridgehead atoms. The van der Waals surface area contributed by atoms with E-state index in [0.717, 1.165) is 16.7 Å². The largest absolute Gasteiger partial charge is 0.441 e. The van der Waals surface area contributed by atoms with Crippen LogP contribution < -0.4 is 0 Å². The van der Waals surface area contributed by atoms with Crippen molar-refractivity contribution in [1.29, 1.82) is 0 Å². The summed E-state index contributed by atoms with van der Waals surface area (Å²) in [5.74, 6) is 1.12. The van der Waals surface area contributed by atoms with Gasteiger partial charge in [-0.05, 0) is 48.9 Å². The molecule has 0 aliphatic heterocycles. The molecular formula is C24H16Cl3NO2. The standard InChI is InChI=1S/C24H16Cl3NO2/c1-14-23(19-4-2-3-5-20(19)26)28-24(30-14)16-8-6-15(7-9-16)12-22(29)18-11-10-17(25)13-21(18)27/h2-11,13H,12H2,1H3. The van der Waals surface area contributed by atoms with E-state index in [1.165, 1.54) is 0 Å². The van der Waals surface area contributed by atoms with Gasteiger partial charge in [-0.1, -0.05) is 65.1 Å². The summed E-state index contributed by atoms with van der Waals surface area (Å²) in [6.07, 6.45) is 0.233. The van der Waals surface area contributed by atoms with Crippen molar-refractivity contribution in [3.63, 3.8) is 0 Å². The molecule has 0 amide bonds. The van der Waals surface area contributed by atoms with E-state index in [1.807, 2.05) is 55.5 Å². The first-order valence-corrected chi connectivity index (χ1v) is 10.4. The monoisotopic (exact) mass is 455 g/mol. The summed E-state index contributed by atoms with van der Waals surface area (Å²) >= 11 is 18.3. The minimum atomic E-state index is -0.0719.